The summed E-state index contributed by atoms with van der Waals surface area (Å²) in [5.74, 6) is 0.234. The van der Waals surface area contributed by atoms with Crippen LogP contribution in [-0.2, 0) is 4.79 Å². The van der Waals surface area contributed by atoms with Crippen LogP contribution < -0.4 is 0 Å². The molecule has 0 N–H and O–H groups in total. The van der Waals surface area contributed by atoms with Crippen LogP contribution in [0.25, 0.3) is 0 Å². The minimum atomic E-state index is -0.0217. The van der Waals surface area contributed by atoms with Gasteiger partial charge in [-0.3, -0.25) is 9.69 Å². The Balaban J connectivity index is 2.09. The van der Waals surface area contributed by atoms with E-state index in [0.717, 1.165) is 0 Å². The van der Waals surface area contributed by atoms with Crippen LogP contribution in [0, 0.1) is 0 Å². The van der Waals surface area contributed by atoms with Crippen molar-refractivity contribution in [2.24, 2.45) is 0 Å². The molecule has 2 nitrogen and oxygen atoms in total. The fraction of sp³-hybridized carbons (Fsp3) is 0.133. The Bertz CT molecular complexity index is 457. The van der Waals surface area contributed by atoms with Gasteiger partial charge in [-0.15, -0.1) is 0 Å². The van der Waals surface area contributed by atoms with Crippen molar-refractivity contribution in [3.63, 3.8) is 0 Å². The maximum Gasteiger partial charge on any atom is 0.254 e. The summed E-state index contributed by atoms with van der Waals surface area (Å²) in [5.41, 5.74) is 1.23. The second-order valence-corrected chi connectivity index (χ2v) is 3.87. The second kappa shape index (κ2) is 5.30. The van der Waals surface area contributed by atoms with Crippen LogP contribution in [0.5, 0.6) is 0 Å². The van der Waals surface area contributed by atoms with E-state index in [4.69, 9.17) is 0 Å². The van der Waals surface area contributed by atoms with E-state index in [1.54, 1.807) is 17.1 Å². The van der Waals surface area contributed by atoms with Crippen LogP contribution in [0.15, 0.2) is 67.0 Å². The highest BCUT2D eigenvalue weighted by Gasteiger charge is 2.11. The molecular formula is C15H15NO. The lowest BCUT2D eigenvalue weighted by molar-refractivity contribution is -0.121. The number of rotatable bonds is 2. The molecule has 1 aliphatic heterocycles. The molecule has 0 spiro atoms. The van der Waals surface area contributed by atoms with Crippen LogP contribution in [0.1, 0.15) is 18.4 Å². The van der Waals surface area contributed by atoms with Crippen LogP contribution in [0.3, 0.4) is 0 Å². The highest BCUT2D eigenvalue weighted by molar-refractivity contribution is 5.89. The first-order valence-corrected chi connectivity index (χ1v) is 5.68. The van der Waals surface area contributed by atoms with Gasteiger partial charge in [0.15, 0.2) is 0 Å². The number of benzene rings is 1. The number of carbonyl (C=O) groups is 1. The number of hydrogen-bond acceptors (Lipinski definition) is 1. The predicted octanol–water partition coefficient (Wildman–Crippen LogP) is 3.22. The minimum Gasteiger partial charge on any atom is -0.292 e. The van der Waals surface area contributed by atoms with Gasteiger partial charge in [0.25, 0.3) is 5.91 Å². The molecule has 1 aromatic rings. The molecule has 0 radical (unpaired) electrons. The Labute approximate surface area is 102 Å². The lowest BCUT2D eigenvalue weighted by Crippen LogP contribution is -2.19. The van der Waals surface area contributed by atoms with E-state index < -0.39 is 0 Å². The van der Waals surface area contributed by atoms with Gasteiger partial charge in [-0.25, -0.2) is 0 Å². The summed E-state index contributed by atoms with van der Waals surface area (Å²) in [6, 6.07) is 10.2. The fourth-order valence-electron chi connectivity index (χ4n) is 1.76. The van der Waals surface area contributed by atoms with Crippen molar-refractivity contribution in [1.29, 1.82) is 0 Å². The highest BCUT2D eigenvalue weighted by Crippen LogP contribution is 2.22. The van der Waals surface area contributed by atoms with Crippen molar-refractivity contribution in [2.45, 2.75) is 12.8 Å². The van der Waals surface area contributed by atoms with E-state index >= 15 is 0 Å². The van der Waals surface area contributed by atoms with Gasteiger partial charge in [0.2, 0.25) is 0 Å². The first kappa shape index (κ1) is 11.4. The van der Waals surface area contributed by atoms with E-state index in [0.29, 0.717) is 0 Å². The van der Waals surface area contributed by atoms with E-state index in [2.05, 4.69) is 12.1 Å². The molecule has 2 rings (SSSR count). The molecule has 0 saturated carbocycles. The molecule has 0 aromatic heterocycles. The average Bonchev–Trinajstić information content (AvgIpc) is 2.40. The SMILES string of the molecule is C/C=C/C(=O)N1C=CC(c2ccccc2)C=C1. The Kier molecular flexibility index (Phi) is 3.55. The van der Waals surface area contributed by atoms with Crippen molar-refractivity contribution in [2.75, 3.05) is 0 Å². The monoisotopic (exact) mass is 225 g/mol. The molecule has 86 valence electrons. The maximum atomic E-state index is 11.6. The van der Waals surface area contributed by atoms with Crippen molar-refractivity contribution in [3.05, 3.63) is 72.6 Å². The Morgan fingerprint density at radius 1 is 1.18 bits per heavy atom. The zero-order valence-corrected chi connectivity index (χ0v) is 9.78. The fourth-order valence-corrected chi connectivity index (χ4v) is 1.76. The predicted molar refractivity (Wildman–Crippen MR) is 69.1 cm³/mol. The summed E-state index contributed by atoms with van der Waals surface area (Å²) in [6.07, 6.45) is 11.0. The van der Waals surface area contributed by atoms with Gasteiger partial charge in [-0.05, 0) is 18.6 Å². The molecule has 0 atom stereocenters. The van der Waals surface area contributed by atoms with Gasteiger partial charge in [-0.2, -0.15) is 0 Å². The molecule has 0 aliphatic carbocycles. The van der Waals surface area contributed by atoms with Gasteiger partial charge >= 0.3 is 0 Å². The molecule has 0 fully saturated rings. The lowest BCUT2D eigenvalue weighted by atomic mass is 9.98. The standard InChI is InChI=1S/C15H15NO/c1-2-6-15(17)16-11-9-14(10-12-16)13-7-4-3-5-8-13/h2-12,14H,1H3/b6-2+. The van der Waals surface area contributed by atoms with Crippen LogP contribution in [0.4, 0.5) is 0 Å². The third-order valence-electron chi connectivity index (χ3n) is 2.66. The summed E-state index contributed by atoms with van der Waals surface area (Å²) < 4.78 is 0. The van der Waals surface area contributed by atoms with E-state index in [1.165, 1.54) is 5.56 Å². The Hall–Kier alpha value is -2.09. The van der Waals surface area contributed by atoms with Crippen molar-refractivity contribution >= 4 is 5.91 Å². The summed E-state index contributed by atoms with van der Waals surface area (Å²) in [6.45, 7) is 1.84. The first-order chi connectivity index (χ1) is 8.31. The summed E-state index contributed by atoms with van der Waals surface area (Å²) in [4.78, 5) is 13.2. The third-order valence-corrected chi connectivity index (χ3v) is 2.66. The molecule has 0 unspecified atom stereocenters. The zero-order valence-electron chi connectivity index (χ0n) is 9.78. The molecule has 1 amide bonds. The Morgan fingerprint density at radius 3 is 2.41 bits per heavy atom. The molecule has 1 aromatic carbocycles. The molecule has 0 bridgehead atoms. The summed E-state index contributed by atoms with van der Waals surface area (Å²) >= 11 is 0. The highest BCUT2D eigenvalue weighted by atomic mass is 16.2. The molecular weight excluding hydrogens is 210 g/mol. The van der Waals surface area contributed by atoms with Crippen LogP contribution in [0.2, 0.25) is 0 Å². The number of hydrogen-bond donors (Lipinski definition) is 0. The van der Waals surface area contributed by atoms with Crippen LogP contribution in [-0.4, -0.2) is 10.8 Å². The number of nitrogens with zero attached hydrogens (tertiary/aromatic N) is 1. The first-order valence-electron chi connectivity index (χ1n) is 5.68. The number of amides is 1. The lowest BCUT2D eigenvalue weighted by Gasteiger charge is -2.19. The van der Waals surface area contributed by atoms with Gasteiger partial charge in [0, 0.05) is 18.3 Å². The maximum absolute atomic E-state index is 11.6. The Morgan fingerprint density at radius 2 is 1.82 bits per heavy atom. The smallest absolute Gasteiger partial charge is 0.254 e. The van der Waals surface area contributed by atoms with Gasteiger partial charge < -0.3 is 0 Å². The molecule has 1 aliphatic rings. The molecule has 0 saturated heterocycles. The van der Waals surface area contributed by atoms with E-state index in [9.17, 15) is 4.79 Å². The second-order valence-electron chi connectivity index (χ2n) is 3.87. The van der Waals surface area contributed by atoms with Crippen LogP contribution >= 0.6 is 0 Å². The molecule has 1 heterocycles. The van der Waals surface area contributed by atoms with Gasteiger partial charge in [0.1, 0.15) is 0 Å². The van der Waals surface area contributed by atoms with E-state index in [1.807, 2.05) is 49.7 Å². The quantitative estimate of drug-likeness (QED) is 0.708. The zero-order chi connectivity index (χ0) is 12.1. The average molecular weight is 225 g/mol. The topological polar surface area (TPSA) is 20.3 Å². The normalized spacial score (nSPS) is 15.7. The van der Waals surface area contributed by atoms with Gasteiger partial charge in [0.05, 0.1) is 0 Å². The molecule has 2 heteroatoms. The number of carbonyl (C=O) groups excluding carboxylic acids is 1. The summed E-state index contributed by atoms with van der Waals surface area (Å²) in [5, 5.41) is 0. The molecule has 17 heavy (non-hydrogen) atoms. The minimum absolute atomic E-state index is 0.0217. The number of allylic oxidation sites excluding steroid dienone is 3. The van der Waals surface area contributed by atoms with Crippen molar-refractivity contribution < 1.29 is 4.79 Å². The summed E-state index contributed by atoms with van der Waals surface area (Å²) in [7, 11) is 0. The third kappa shape index (κ3) is 2.72. The van der Waals surface area contributed by atoms with Crippen molar-refractivity contribution in [3.8, 4) is 0 Å². The largest absolute Gasteiger partial charge is 0.292 e. The van der Waals surface area contributed by atoms with E-state index in [-0.39, 0.29) is 11.8 Å². The van der Waals surface area contributed by atoms with Gasteiger partial charge in [-0.1, -0.05) is 48.6 Å². The van der Waals surface area contributed by atoms with Crippen molar-refractivity contribution in [1.82, 2.24) is 4.90 Å².